The van der Waals surface area contributed by atoms with Gasteiger partial charge in [-0.2, -0.15) is 0 Å². The second-order valence-corrected chi connectivity index (χ2v) is 30.2. The molecule has 2 aliphatic heterocycles. The number of rotatable bonds is 3. The molecule has 0 N–H and O–H groups in total. The summed E-state index contributed by atoms with van der Waals surface area (Å²) < 4.78 is 7.66. The summed E-state index contributed by atoms with van der Waals surface area (Å²) in [5.41, 5.74) is 18.0. The van der Waals surface area contributed by atoms with E-state index in [4.69, 9.17) is 4.42 Å². The van der Waals surface area contributed by atoms with Gasteiger partial charge in [-0.15, -0.1) is 0 Å². The predicted octanol–water partition coefficient (Wildman–Crippen LogP) is 13.4. The van der Waals surface area contributed by atoms with Crippen LogP contribution in [-0.4, -0.2) is 14.8 Å². The number of hydrogen-bond acceptors (Lipinski definition) is 3. The van der Waals surface area contributed by atoms with E-state index < -0.39 is 8.07 Å². The predicted molar refractivity (Wildman–Crippen MR) is 266 cm³/mol. The quantitative estimate of drug-likeness (QED) is 0.166. The van der Waals surface area contributed by atoms with E-state index in [1.165, 1.54) is 83.8 Å². The second-order valence-electron chi connectivity index (χ2n) is 25.1. The zero-order valence-corrected chi connectivity index (χ0v) is 41.7. The van der Waals surface area contributed by atoms with Gasteiger partial charge in [-0.25, -0.2) is 0 Å². The van der Waals surface area contributed by atoms with Crippen molar-refractivity contribution in [3.05, 3.63) is 106 Å². The molecule has 60 heavy (non-hydrogen) atoms. The highest BCUT2D eigenvalue weighted by atomic mass is 28.3. The monoisotopic (exact) mass is 817 g/mol. The van der Waals surface area contributed by atoms with Crippen LogP contribution >= 0.6 is 0 Å². The fraction of sp³-hybridized carbons (Fsp3) is 0.491. The molecule has 0 atom stereocenters. The highest BCUT2D eigenvalue weighted by molar-refractivity contribution is 7.00. The van der Waals surface area contributed by atoms with Gasteiger partial charge < -0.3 is 14.2 Å². The first-order valence-corrected chi connectivity index (χ1v) is 26.3. The van der Waals surface area contributed by atoms with Gasteiger partial charge in [-0.05, 0) is 109 Å². The van der Waals surface area contributed by atoms with Gasteiger partial charge in [0, 0.05) is 39.4 Å². The summed E-state index contributed by atoms with van der Waals surface area (Å²) in [6.07, 6.45) is 2.22. The molecule has 3 aliphatic rings. The molecule has 3 heterocycles. The van der Waals surface area contributed by atoms with Gasteiger partial charge in [0.25, 0.3) is 6.71 Å². The molecule has 0 spiro atoms. The van der Waals surface area contributed by atoms with Gasteiger partial charge in [-0.3, -0.25) is 0 Å². The second kappa shape index (κ2) is 13.3. The van der Waals surface area contributed by atoms with Gasteiger partial charge >= 0.3 is 0 Å². The number of anilines is 6. The van der Waals surface area contributed by atoms with E-state index in [-0.39, 0.29) is 39.2 Å². The van der Waals surface area contributed by atoms with Gasteiger partial charge in [0.1, 0.15) is 5.76 Å². The maximum Gasteiger partial charge on any atom is 0.297 e. The molecule has 316 valence electrons. The van der Waals surface area contributed by atoms with Crippen molar-refractivity contribution in [3.63, 3.8) is 0 Å². The van der Waals surface area contributed by atoms with Crippen LogP contribution in [0.25, 0.3) is 0 Å². The Labute approximate surface area is 365 Å². The third kappa shape index (κ3) is 6.84. The Balaban J connectivity index is 1.57. The van der Waals surface area contributed by atoms with Crippen LogP contribution in [0.3, 0.4) is 0 Å². The number of fused-ring (bicyclic) bond motifs is 6. The number of nitrogens with zero attached hydrogens (tertiary/aromatic N) is 2. The fourth-order valence-corrected chi connectivity index (χ4v) is 11.3. The summed E-state index contributed by atoms with van der Waals surface area (Å²) >= 11 is 0. The van der Waals surface area contributed by atoms with E-state index >= 15 is 0 Å². The molecule has 0 saturated carbocycles. The summed E-state index contributed by atoms with van der Waals surface area (Å²) in [6, 6.07) is 29.4. The molecule has 0 saturated heterocycles. The summed E-state index contributed by atoms with van der Waals surface area (Å²) in [7, 11) is -1.87. The maximum absolute atomic E-state index is 7.66. The van der Waals surface area contributed by atoms with Crippen LogP contribution < -0.4 is 31.6 Å². The Morgan fingerprint density at radius 2 is 1.05 bits per heavy atom. The maximum atomic E-state index is 7.66. The molecule has 0 amide bonds. The summed E-state index contributed by atoms with van der Waals surface area (Å²) in [6.45, 7) is 45.3. The first kappa shape index (κ1) is 42.7. The molecule has 1 aromatic heterocycles. The SMILES string of the molecule is CC(C)(C)c1ccc(N2c3cc([Si](C)(C)C)cc4c3B(c3cc(C(C)(C)C)ccc3N4c3ccc(C(C)(C)C)cc3C(C)(C)C)c3oc4c(c32)C(C)(C)CCC4(C)C)cc1. The molecule has 0 radical (unpaired) electrons. The van der Waals surface area contributed by atoms with Crippen molar-refractivity contribution in [1.82, 2.24) is 0 Å². The topological polar surface area (TPSA) is 19.6 Å². The molecular weight excluding hydrogens is 744 g/mol. The molecule has 8 rings (SSSR count). The van der Waals surface area contributed by atoms with Crippen LogP contribution in [0, 0.1) is 0 Å². The lowest BCUT2D eigenvalue weighted by molar-refractivity contribution is 0.282. The van der Waals surface area contributed by atoms with E-state index in [9.17, 15) is 0 Å². The minimum absolute atomic E-state index is 0.0275. The lowest BCUT2D eigenvalue weighted by Gasteiger charge is -2.46. The zero-order chi connectivity index (χ0) is 44.1. The van der Waals surface area contributed by atoms with E-state index in [0.717, 1.165) is 18.5 Å². The smallest absolute Gasteiger partial charge is 0.297 e. The Hall–Kier alpha value is -3.96. The third-order valence-electron chi connectivity index (χ3n) is 14.2. The van der Waals surface area contributed by atoms with Crippen molar-refractivity contribution in [2.45, 2.75) is 176 Å². The molecular formula is C55H73BN2OSi. The molecule has 0 fully saturated rings. The Bertz CT molecular complexity index is 2520. The molecule has 5 aromatic rings. The van der Waals surface area contributed by atoms with Crippen LogP contribution in [0.1, 0.15) is 157 Å². The molecule has 1 aliphatic carbocycles. The van der Waals surface area contributed by atoms with Gasteiger partial charge in [0.15, 0.2) is 0 Å². The van der Waals surface area contributed by atoms with Crippen LogP contribution in [0.5, 0.6) is 0 Å². The van der Waals surface area contributed by atoms with Crippen LogP contribution in [0.2, 0.25) is 19.6 Å². The first-order chi connectivity index (χ1) is 27.4. The lowest BCUT2D eigenvalue weighted by atomic mass is 9.35. The largest absolute Gasteiger partial charge is 0.472 e. The third-order valence-corrected chi connectivity index (χ3v) is 16.2. The van der Waals surface area contributed by atoms with Crippen molar-refractivity contribution < 1.29 is 4.42 Å². The standard InChI is InChI=1S/C55H73BN2OSi/c1-50(2,3)34-20-24-37(25-21-34)57-43-32-38(60(17,18)19)33-44-46(43)56(49-47(57)45-48(59-49)55(15,16)29-28-54(45,13)14)40-31-36(52(7,8)9)23-27-42(40)58(44)41-26-22-35(51(4,5)6)30-39(41)53(10,11)12/h20-27,30-33H,28-29H2,1-19H3. The molecule has 0 bridgehead atoms. The lowest BCUT2D eigenvalue weighted by Crippen LogP contribution is -2.62. The number of benzene rings is 4. The zero-order valence-electron chi connectivity index (χ0n) is 40.7. The van der Waals surface area contributed by atoms with E-state index in [2.05, 4.69) is 213 Å². The van der Waals surface area contributed by atoms with Crippen molar-refractivity contribution in [1.29, 1.82) is 0 Å². The van der Waals surface area contributed by atoms with Crippen molar-refractivity contribution in [2.24, 2.45) is 0 Å². The van der Waals surface area contributed by atoms with Gasteiger partial charge in [-0.1, -0.05) is 172 Å². The van der Waals surface area contributed by atoms with Crippen molar-refractivity contribution in [3.8, 4) is 0 Å². The highest BCUT2D eigenvalue weighted by Crippen LogP contribution is 2.55. The number of hydrogen-bond donors (Lipinski definition) is 0. The summed E-state index contributed by atoms with van der Waals surface area (Å²) in [5, 5.41) is 1.47. The average molecular weight is 817 g/mol. The normalized spacial score (nSPS) is 17.3. The Morgan fingerprint density at radius 3 is 1.58 bits per heavy atom. The van der Waals surface area contributed by atoms with E-state index in [0.29, 0.717) is 0 Å². The van der Waals surface area contributed by atoms with E-state index in [1.54, 1.807) is 0 Å². The Kier molecular flexibility index (Phi) is 9.45. The van der Waals surface area contributed by atoms with E-state index in [1.807, 2.05) is 0 Å². The van der Waals surface area contributed by atoms with Crippen LogP contribution in [0.15, 0.2) is 77.2 Å². The van der Waals surface area contributed by atoms with Gasteiger partial charge in [0.05, 0.1) is 19.4 Å². The average Bonchev–Trinajstić information content (AvgIpc) is 3.54. The van der Waals surface area contributed by atoms with Crippen LogP contribution in [-0.2, 0) is 32.5 Å². The first-order valence-electron chi connectivity index (χ1n) is 22.8. The molecule has 0 unspecified atom stereocenters. The highest BCUT2D eigenvalue weighted by Gasteiger charge is 2.53. The minimum Gasteiger partial charge on any atom is -0.472 e. The van der Waals surface area contributed by atoms with Gasteiger partial charge in [0.2, 0.25) is 0 Å². The Morgan fingerprint density at radius 1 is 0.550 bits per heavy atom. The van der Waals surface area contributed by atoms with Crippen LogP contribution in [0.4, 0.5) is 34.1 Å². The molecule has 4 aromatic carbocycles. The number of furan rings is 1. The fourth-order valence-electron chi connectivity index (χ4n) is 10.1. The summed E-state index contributed by atoms with van der Waals surface area (Å²) in [5.74, 6) is 1.17. The minimum atomic E-state index is -1.87. The molecule has 5 heteroatoms. The van der Waals surface area contributed by atoms with Crippen molar-refractivity contribution in [2.75, 3.05) is 9.80 Å². The summed E-state index contributed by atoms with van der Waals surface area (Å²) in [4.78, 5) is 5.31. The molecule has 3 nitrogen and oxygen atoms in total. The van der Waals surface area contributed by atoms with Crippen molar-refractivity contribution >= 4 is 70.7 Å².